The summed E-state index contributed by atoms with van der Waals surface area (Å²) >= 11 is 0. The minimum absolute atomic E-state index is 0.0651. The molecule has 48 heavy (non-hydrogen) atoms. The first kappa shape index (κ1) is 42.4. The van der Waals surface area contributed by atoms with E-state index >= 15 is 0 Å². The monoisotopic (exact) mass is 785 g/mol. The minimum Gasteiger partial charge on any atom is -0.465 e. The van der Waals surface area contributed by atoms with Crippen LogP contribution in [0.2, 0.25) is 0 Å². The summed E-state index contributed by atoms with van der Waals surface area (Å²) < 4.78 is 22.8. The van der Waals surface area contributed by atoms with Crippen LogP contribution in [0.1, 0.15) is 80.1 Å². The van der Waals surface area contributed by atoms with Gasteiger partial charge in [-0.05, 0) is 23.7 Å². The van der Waals surface area contributed by atoms with Crippen LogP contribution in [-0.2, 0) is 38.1 Å². The van der Waals surface area contributed by atoms with Crippen LogP contribution in [0.15, 0.2) is 0 Å². The Hall–Kier alpha value is -0.0600. The third-order valence-corrected chi connectivity index (χ3v) is 16.5. The van der Waals surface area contributed by atoms with Gasteiger partial charge in [0.1, 0.15) is 26.4 Å². The molecule has 0 atom stereocenters. The molecule has 0 bridgehead atoms. The van der Waals surface area contributed by atoms with Crippen LogP contribution >= 0.6 is 64.8 Å². The van der Waals surface area contributed by atoms with Crippen molar-refractivity contribution >= 4 is 88.6 Å². The van der Waals surface area contributed by atoms with E-state index in [1.807, 2.05) is 21.6 Å². The number of ether oxygens (including phenoxy) is 4. The highest BCUT2D eigenvalue weighted by Crippen LogP contribution is 2.45. The van der Waals surface area contributed by atoms with Crippen molar-refractivity contribution < 1.29 is 38.1 Å². The molecule has 0 unspecified atom stereocenters. The highest BCUT2D eigenvalue weighted by molar-refractivity contribution is 8.77. The fourth-order valence-electron chi connectivity index (χ4n) is 4.80. The lowest BCUT2D eigenvalue weighted by atomic mass is 9.90. The SMILES string of the molecule is CC(C)(C)CCC(=O)OCC1(COC(=O)CCN(CCC(=O)OCC2(COC(=O)CCC(C)(C)C)CSSC2)C2CSSC2)CSSC1. The number of nitrogens with zero attached hydrogens (tertiary/aromatic N) is 1. The maximum Gasteiger partial charge on any atom is 0.307 e. The Balaban J connectivity index is 1.42. The molecule has 0 spiro atoms. The lowest BCUT2D eigenvalue weighted by molar-refractivity contribution is -0.153. The Kier molecular flexibility index (Phi) is 17.9. The van der Waals surface area contributed by atoms with Gasteiger partial charge >= 0.3 is 23.9 Å². The lowest BCUT2D eigenvalue weighted by Gasteiger charge is -2.29. The van der Waals surface area contributed by atoms with Gasteiger partial charge in [0.25, 0.3) is 0 Å². The highest BCUT2D eigenvalue weighted by atomic mass is 33.1. The summed E-state index contributed by atoms with van der Waals surface area (Å²) in [6, 6.07) is 0.267. The second-order valence-corrected chi connectivity index (χ2v) is 23.0. The maximum absolute atomic E-state index is 12.9. The van der Waals surface area contributed by atoms with Gasteiger partial charge in [0.05, 0.1) is 23.7 Å². The predicted octanol–water partition coefficient (Wildman–Crippen LogP) is 7.42. The number of carbonyl (C=O) groups is 4. The average Bonchev–Trinajstić information content (AvgIpc) is 3.82. The van der Waals surface area contributed by atoms with Crippen molar-refractivity contribution in [1.82, 2.24) is 4.90 Å². The van der Waals surface area contributed by atoms with Crippen LogP contribution in [0.3, 0.4) is 0 Å². The summed E-state index contributed by atoms with van der Waals surface area (Å²) in [5.74, 6) is 3.96. The summed E-state index contributed by atoms with van der Waals surface area (Å²) in [7, 11) is 10.5. The van der Waals surface area contributed by atoms with Crippen LogP contribution in [0, 0.1) is 21.7 Å². The maximum atomic E-state index is 12.9. The van der Waals surface area contributed by atoms with Gasteiger partial charge in [-0.2, -0.15) is 0 Å². The van der Waals surface area contributed by atoms with Gasteiger partial charge in [-0.25, -0.2) is 0 Å². The van der Waals surface area contributed by atoms with E-state index in [2.05, 4.69) is 46.4 Å². The minimum atomic E-state index is -0.372. The second-order valence-electron chi connectivity index (χ2n) is 15.6. The van der Waals surface area contributed by atoms with Crippen LogP contribution in [0.5, 0.6) is 0 Å². The van der Waals surface area contributed by atoms with Crippen molar-refractivity contribution in [1.29, 1.82) is 0 Å². The third-order valence-electron chi connectivity index (χ3n) is 8.27. The molecule has 0 aliphatic carbocycles. The summed E-state index contributed by atoms with van der Waals surface area (Å²) in [5.41, 5.74) is -0.614. The van der Waals surface area contributed by atoms with Crippen LogP contribution in [-0.4, -0.2) is 109 Å². The van der Waals surface area contributed by atoms with Crippen molar-refractivity contribution in [2.75, 3.05) is 74.0 Å². The van der Waals surface area contributed by atoms with Crippen molar-refractivity contribution in [3.05, 3.63) is 0 Å². The zero-order chi connectivity index (χ0) is 35.3. The van der Waals surface area contributed by atoms with E-state index < -0.39 is 0 Å². The van der Waals surface area contributed by atoms with E-state index in [0.29, 0.717) is 25.9 Å². The highest BCUT2D eigenvalue weighted by Gasteiger charge is 2.40. The van der Waals surface area contributed by atoms with Gasteiger partial charge in [-0.15, -0.1) is 0 Å². The van der Waals surface area contributed by atoms with Gasteiger partial charge in [0, 0.05) is 66.5 Å². The van der Waals surface area contributed by atoms with E-state index in [0.717, 1.165) is 47.4 Å². The molecule has 0 radical (unpaired) electrons. The molecule has 15 heteroatoms. The average molecular weight is 786 g/mol. The van der Waals surface area contributed by atoms with Crippen LogP contribution < -0.4 is 0 Å². The number of rotatable bonds is 19. The summed E-state index contributed by atoms with van der Waals surface area (Å²) in [4.78, 5) is 52.8. The molecule has 3 heterocycles. The Morgan fingerprint density at radius 2 is 0.854 bits per heavy atom. The molecule has 3 rings (SSSR count). The van der Waals surface area contributed by atoms with E-state index in [9.17, 15) is 19.2 Å². The zero-order valence-corrected chi connectivity index (χ0v) is 34.4. The molecule has 0 N–H and O–H groups in total. The standard InChI is InChI=1S/C33H55NO8S6/c1-30(2,3)11-7-26(35)39-17-32(21-45-46-22-32)19-41-28(37)9-13-34(25-15-43-44-16-25)14-10-29(38)42-20-33(23-47-48-24-33)18-40-27(36)8-12-31(4,5)6/h25H,7-24H2,1-6H3. The first-order valence-corrected chi connectivity index (χ1v) is 24.1. The number of hydrogen-bond acceptors (Lipinski definition) is 15. The van der Waals surface area contributed by atoms with E-state index in [-0.39, 0.29) is 90.8 Å². The summed E-state index contributed by atoms with van der Waals surface area (Å²) in [6.45, 7) is 14.6. The molecular weight excluding hydrogens is 731 g/mol. The predicted molar refractivity (Wildman–Crippen MR) is 205 cm³/mol. The second kappa shape index (κ2) is 20.3. The Labute approximate surface area is 311 Å². The van der Waals surface area contributed by atoms with Gasteiger partial charge in [0.15, 0.2) is 0 Å². The molecule has 0 saturated carbocycles. The number of hydrogen-bond donors (Lipinski definition) is 0. The smallest absolute Gasteiger partial charge is 0.307 e. The van der Waals surface area contributed by atoms with Gasteiger partial charge in [-0.3, -0.25) is 24.1 Å². The number of carbonyl (C=O) groups excluding carboxylic acids is 4. The molecule has 276 valence electrons. The van der Waals surface area contributed by atoms with Crippen molar-refractivity contribution in [2.45, 2.75) is 86.1 Å². The molecule has 0 aromatic heterocycles. The van der Waals surface area contributed by atoms with Gasteiger partial charge in [-0.1, -0.05) is 106 Å². The lowest BCUT2D eigenvalue weighted by Crippen LogP contribution is -2.41. The van der Waals surface area contributed by atoms with Gasteiger partial charge < -0.3 is 18.9 Å². The van der Waals surface area contributed by atoms with E-state index in [1.54, 1.807) is 43.2 Å². The normalized spacial score (nSPS) is 19.4. The fourth-order valence-corrected chi connectivity index (χ4v) is 14.3. The molecule has 3 saturated heterocycles. The fraction of sp³-hybridized carbons (Fsp3) is 0.879. The van der Waals surface area contributed by atoms with E-state index in [1.165, 1.54) is 0 Å². The zero-order valence-electron chi connectivity index (χ0n) is 29.5. The van der Waals surface area contributed by atoms with Gasteiger partial charge in [0.2, 0.25) is 0 Å². The molecule has 3 aliphatic rings. The Bertz CT molecular complexity index is 974. The first-order chi connectivity index (χ1) is 22.6. The largest absolute Gasteiger partial charge is 0.465 e. The van der Waals surface area contributed by atoms with Crippen LogP contribution in [0.25, 0.3) is 0 Å². The molecule has 0 aromatic carbocycles. The van der Waals surface area contributed by atoms with Crippen LogP contribution in [0.4, 0.5) is 0 Å². The Morgan fingerprint density at radius 3 is 1.17 bits per heavy atom. The Morgan fingerprint density at radius 1 is 0.542 bits per heavy atom. The van der Waals surface area contributed by atoms with Crippen molar-refractivity contribution in [3.8, 4) is 0 Å². The molecular formula is C33H55NO8S6. The molecule has 3 fully saturated rings. The summed E-state index contributed by atoms with van der Waals surface area (Å²) in [6.07, 6.45) is 2.73. The van der Waals surface area contributed by atoms with Crippen molar-refractivity contribution in [3.63, 3.8) is 0 Å². The molecule has 9 nitrogen and oxygen atoms in total. The quantitative estimate of drug-likeness (QED) is 0.0736. The summed E-state index contributed by atoms with van der Waals surface area (Å²) in [5, 5.41) is 0. The van der Waals surface area contributed by atoms with E-state index in [4.69, 9.17) is 18.9 Å². The number of esters is 4. The molecule has 3 aliphatic heterocycles. The molecule has 0 aromatic rings. The molecule has 0 amide bonds. The van der Waals surface area contributed by atoms with Crippen molar-refractivity contribution in [2.24, 2.45) is 21.7 Å². The first-order valence-electron chi connectivity index (χ1n) is 16.7. The third kappa shape index (κ3) is 16.5. The topological polar surface area (TPSA) is 108 Å².